The van der Waals surface area contributed by atoms with Crippen LogP contribution >= 0.6 is 0 Å². The van der Waals surface area contributed by atoms with E-state index in [0.29, 0.717) is 5.78 Å². The molecule has 0 N–H and O–H groups in total. The van der Waals surface area contributed by atoms with Gasteiger partial charge in [0.1, 0.15) is 5.78 Å². The van der Waals surface area contributed by atoms with E-state index in [1.54, 1.807) is 0 Å². The molecule has 0 aromatic heterocycles. The molecule has 26 heavy (non-hydrogen) atoms. The van der Waals surface area contributed by atoms with Crippen LogP contribution in [0.2, 0.25) is 0 Å². The van der Waals surface area contributed by atoms with Crippen molar-refractivity contribution < 1.29 is 4.79 Å². The zero-order valence-corrected chi connectivity index (χ0v) is 15.9. The number of ketones is 1. The Morgan fingerprint density at radius 2 is 1.27 bits per heavy atom. The Bertz CT molecular complexity index is 725. The number of aryl methyl sites for hydroxylation is 2. The van der Waals surface area contributed by atoms with E-state index in [2.05, 4.69) is 72.2 Å². The fraction of sp³-hybridized carbons (Fsp3) is 0.435. The summed E-state index contributed by atoms with van der Waals surface area (Å²) in [6.07, 6.45) is 3.96. The number of carbonyl (C=O) groups excluding carboxylic acids is 1. The third-order valence-corrected chi connectivity index (χ3v) is 6.03. The first kappa shape index (κ1) is 17.1. The van der Waals surface area contributed by atoms with Gasteiger partial charge in [-0.05, 0) is 51.0 Å². The molecule has 2 fully saturated rings. The van der Waals surface area contributed by atoms with Gasteiger partial charge in [0.25, 0.3) is 0 Å². The molecule has 0 bridgehead atoms. The molecule has 3 nitrogen and oxygen atoms in total. The van der Waals surface area contributed by atoms with Gasteiger partial charge in [-0.15, -0.1) is 0 Å². The predicted octanol–water partition coefficient (Wildman–Crippen LogP) is 4.72. The van der Waals surface area contributed by atoms with Crippen LogP contribution in [0.15, 0.2) is 48.5 Å². The normalized spacial score (nSPS) is 19.8. The molecule has 1 aliphatic carbocycles. The van der Waals surface area contributed by atoms with E-state index in [4.69, 9.17) is 0 Å². The van der Waals surface area contributed by atoms with Crippen LogP contribution in [0.3, 0.4) is 0 Å². The average Bonchev–Trinajstić information content (AvgIpc) is 2.65. The molecule has 1 saturated heterocycles. The molecule has 3 heteroatoms. The molecule has 0 radical (unpaired) electrons. The highest BCUT2D eigenvalue weighted by Gasteiger charge is 2.45. The Morgan fingerprint density at radius 3 is 1.73 bits per heavy atom. The molecule has 4 rings (SSSR count). The first-order valence-electron chi connectivity index (χ1n) is 9.72. The Morgan fingerprint density at radius 1 is 0.769 bits per heavy atom. The second-order valence-electron chi connectivity index (χ2n) is 8.12. The van der Waals surface area contributed by atoms with Crippen molar-refractivity contribution in [3.8, 4) is 0 Å². The lowest BCUT2D eigenvalue weighted by Gasteiger charge is -2.50. The van der Waals surface area contributed by atoms with Crippen LogP contribution < -0.4 is 9.80 Å². The third kappa shape index (κ3) is 3.23. The summed E-state index contributed by atoms with van der Waals surface area (Å²) in [5, 5.41) is 0. The molecular weight excluding hydrogens is 320 g/mol. The van der Waals surface area contributed by atoms with E-state index >= 15 is 0 Å². The molecule has 2 aliphatic rings. The summed E-state index contributed by atoms with van der Waals surface area (Å²) < 4.78 is 0. The molecule has 0 amide bonds. The van der Waals surface area contributed by atoms with Crippen molar-refractivity contribution in [2.75, 3.05) is 29.6 Å². The number of hydrogen-bond acceptors (Lipinski definition) is 3. The van der Waals surface area contributed by atoms with E-state index in [1.807, 2.05) is 0 Å². The van der Waals surface area contributed by atoms with Gasteiger partial charge < -0.3 is 9.80 Å². The lowest BCUT2D eigenvalue weighted by Crippen LogP contribution is -2.60. The molecule has 1 saturated carbocycles. The van der Waals surface area contributed by atoms with Crippen LogP contribution in [0.1, 0.15) is 36.8 Å². The summed E-state index contributed by atoms with van der Waals surface area (Å²) in [5.74, 6) is 0.456. The Labute approximate surface area is 156 Å². The SMILES string of the molecule is Cc1ccc(N2CN(c3ccc(C)cc3)CC3(CCCCC3=O)C2)cc1. The lowest BCUT2D eigenvalue weighted by atomic mass is 9.71. The Kier molecular flexibility index (Phi) is 4.47. The van der Waals surface area contributed by atoms with Crippen molar-refractivity contribution in [2.45, 2.75) is 39.5 Å². The van der Waals surface area contributed by atoms with Gasteiger partial charge in [0.15, 0.2) is 0 Å². The second kappa shape index (κ2) is 6.79. The van der Waals surface area contributed by atoms with Gasteiger partial charge in [-0.2, -0.15) is 0 Å². The van der Waals surface area contributed by atoms with Crippen LogP contribution in [-0.2, 0) is 4.79 Å². The van der Waals surface area contributed by atoms with Crippen LogP contribution in [0.25, 0.3) is 0 Å². The highest BCUT2D eigenvalue weighted by atomic mass is 16.1. The van der Waals surface area contributed by atoms with Gasteiger partial charge in [0.2, 0.25) is 0 Å². The molecule has 1 aliphatic heterocycles. The minimum Gasteiger partial charge on any atom is -0.353 e. The van der Waals surface area contributed by atoms with Crippen molar-refractivity contribution in [3.63, 3.8) is 0 Å². The fourth-order valence-electron chi connectivity index (χ4n) is 4.43. The maximum atomic E-state index is 13.0. The smallest absolute Gasteiger partial charge is 0.142 e. The van der Waals surface area contributed by atoms with Gasteiger partial charge in [-0.3, -0.25) is 4.79 Å². The highest BCUT2D eigenvalue weighted by Crippen LogP contribution is 2.40. The predicted molar refractivity (Wildman–Crippen MR) is 108 cm³/mol. The number of rotatable bonds is 2. The second-order valence-corrected chi connectivity index (χ2v) is 8.12. The Hall–Kier alpha value is -2.29. The Balaban J connectivity index is 1.69. The molecule has 2 aromatic carbocycles. The quantitative estimate of drug-likeness (QED) is 0.785. The van der Waals surface area contributed by atoms with E-state index in [1.165, 1.54) is 22.5 Å². The van der Waals surface area contributed by atoms with Crippen LogP contribution in [0.5, 0.6) is 0 Å². The molecule has 136 valence electrons. The molecular formula is C23H28N2O. The molecule has 0 atom stereocenters. The summed E-state index contributed by atoms with van der Waals surface area (Å²) >= 11 is 0. The van der Waals surface area contributed by atoms with Crippen molar-refractivity contribution in [2.24, 2.45) is 5.41 Å². The van der Waals surface area contributed by atoms with Crippen LogP contribution in [-0.4, -0.2) is 25.5 Å². The van der Waals surface area contributed by atoms with Gasteiger partial charge >= 0.3 is 0 Å². The van der Waals surface area contributed by atoms with Crippen molar-refractivity contribution >= 4 is 17.2 Å². The number of nitrogens with zero attached hydrogens (tertiary/aromatic N) is 2. The van der Waals surface area contributed by atoms with Gasteiger partial charge in [0, 0.05) is 30.9 Å². The maximum absolute atomic E-state index is 13.0. The standard InChI is InChI=1S/C23H28N2O/c1-18-6-10-20(11-7-18)24-15-23(14-4-3-5-22(23)26)16-25(17-24)21-12-8-19(2)9-13-21/h6-13H,3-5,14-17H2,1-2H3. The number of benzene rings is 2. The first-order valence-corrected chi connectivity index (χ1v) is 9.72. The van der Waals surface area contributed by atoms with E-state index in [9.17, 15) is 4.79 Å². The average molecular weight is 348 g/mol. The minimum absolute atomic E-state index is 0.230. The number of anilines is 2. The summed E-state index contributed by atoms with van der Waals surface area (Å²) in [7, 11) is 0. The molecule has 2 aromatic rings. The molecule has 0 unspecified atom stereocenters. The summed E-state index contributed by atoms with van der Waals surface area (Å²) in [5.41, 5.74) is 4.73. The highest BCUT2D eigenvalue weighted by molar-refractivity contribution is 5.87. The van der Waals surface area contributed by atoms with Crippen LogP contribution in [0.4, 0.5) is 11.4 Å². The molecule has 1 spiro atoms. The topological polar surface area (TPSA) is 23.6 Å². The summed E-state index contributed by atoms with van der Waals surface area (Å²) in [4.78, 5) is 17.8. The van der Waals surface area contributed by atoms with E-state index in [-0.39, 0.29) is 5.41 Å². The largest absolute Gasteiger partial charge is 0.353 e. The number of carbonyl (C=O) groups is 1. The lowest BCUT2D eigenvalue weighted by molar-refractivity contribution is -0.130. The number of Topliss-reactive ketones (excluding diaryl/α,β-unsaturated/α-hetero) is 1. The van der Waals surface area contributed by atoms with Crippen molar-refractivity contribution in [3.05, 3.63) is 59.7 Å². The van der Waals surface area contributed by atoms with Gasteiger partial charge in [0.05, 0.1) is 12.1 Å². The zero-order chi connectivity index (χ0) is 18.1. The van der Waals surface area contributed by atoms with Gasteiger partial charge in [-0.1, -0.05) is 41.8 Å². The fourth-order valence-corrected chi connectivity index (χ4v) is 4.43. The first-order chi connectivity index (χ1) is 12.6. The minimum atomic E-state index is -0.230. The maximum Gasteiger partial charge on any atom is 0.142 e. The van der Waals surface area contributed by atoms with Crippen LogP contribution in [0, 0.1) is 19.3 Å². The van der Waals surface area contributed by atoms with Crippen molar-refractivity contribution in [1.82, 2.24) is 0 Å². The summed E-state index contributed by atoms with van der Waals surface area (Å²) in [6, 6.07) is 17.4. The summed E-state index contributed by atoms with van der Waals surface area (Å²) in [6.45, 7) is 6.76. The molecule has 1 heterocycles. The number of hydrogen-bond donors (Lipinski definition) is 0. The van der Waals surface area contributed by atoms with E-state index < -0.39 is 0 Å². The zero-order valence-electron chi connectivity index (χ0n) is 15.9. The monoisotopic (exact) mass is 348 g/mol. The third-order valence-electron chi connectivity index (χ3n) is 6.03. The van der Waals surface area contributed by atoms with Crippen molar-refractivity contribution in [1.29, 1.82) is 0 Å². The van der Waals surface area contributed by atoms with E-state index in [0.717, 1.165) is 45.4 Å². The van der Waals surface area contributed by atoms with Gasteiger partial charge in [-0.25, -0.2) is 0 Å².